The fraction of sp³-hybridized carbons (Fsp3) is 0.400. The summed E-state index contributed by atoms with van der Waals surface area (Å²) in [7, 11) is -3.63. The molecule has 120 valence electrons. The molecule has 0 aromatic heterocycles. The van der Waals surface area contributed by atoms with Crippen LogP contribution in [0.4, 0.5) is 4.79 Å². The van der Waals surface area contributed by atoms with E-state index in [0.29, 0.717) is 5.57 Å². The standard InChI is InChI=1S/C15H19NO5S/c1-4-20-15(17)21-14-10-16(9-12(14)3)22(18,19)13-7-5-11(2)6-8-13/h5-8,14H,3-4,9-10H2,1-2H3. The molecular weight excluding hydrogens is 306 g/mol. The van der Waals surface area contributed by atoms with Crippen LogP contribution in [-0.4, -0.2) is 44.7 Å². The van der Waals surface area contributed by atoms with Crippen LogP contribution in [0.5, 0.6) is 0 Å². The van der Waals surface area contributed by atoms with E-state index in [0.717, 1.165) is 5.56 Å². The van der Waals surface area contributed by atoms with Gasteiger partial charge in [0.1, 0.15) is 6.10 Å². The van der Waals surface area contributed by atoms with Crippen molar-refractivity contribution in [1.82, 2.24) is 4.31 Å². The van der Waals surface area contributed by atoms with Crippen molar-refractivity contribution in [3.63, 3.8) is 0 Å². The van der Waals surface area contributed by atoms with Gasteiger partial charge in [0.15, 0.2) is 0 Å². The molecule has 0 saturated carbocycles. The number of aryl methyl sites for hydroxylation is 1. The van der Waals surface area contributed by atoms with Crippen molar-refractivity contribution in [3.8, 4) is 0 Å². The van der Waals surface area contributed by atoms with E-state index >= 15 is 0 Å². The number of nitrogens with zero attached hydrogens (tertiary/aromatic N) is 1. The van der Waals surface area contributed by atoms with Gasteiger partial charge in [-0.1, -0.05) is 24.3 Å². The summed E-state index contributed by atoms with van der Waals surface area (Å²) in [5, 5.41) is 0. The number of carbonyl (C=O) groups excluding carboxylic acids is 1. The molecule has 0 spiro atoms. The topological polar surface area (TPSA) is 72.9 Å². The number of hydrogen-bond acceptors (Lipinski definition) is 5. The van der Waals surface area contributed by atoms with Crippen molar-refractivity contribution in [2.45, 2.75) is 24.8 Å². The van der Waals surface area contributed by atoms with Crippen molar-refractivity contribution < 1.29 is 22.7 Å². The average Bonchev–Trinajstić information content (AvgIpc) is 2.81. The Morgan fingerprint density at radius 1 is 1.36 bits per heavy atom. The van der Waals surface area contributed by atoms with E-state index in [2.05, 4.69) is 6.58 Å². The zero-order valence-corrected chi connectivity index (χ0v) is 13.4. The highest BCUT2D eigenvalue weighted by atomic mass is 32.2. The third-order valence-corrected chi connectivity index (χ3v) is 5.19. The molecule has 1 aromatic rings. The van der Waals surface area contributed by atoms with Gasteiger partial charge in [0.2, 0.25) is 10.0 Å². The molecule has 2 rings (SSSR count). The van der Waals surface area contributed by atoms with E-state index in [1.807, 2.05) is 6.92 Å². The molecule has 0 bridgehead atoms. The van der Waals surface area contributed by atoms with E-state index < -0.39 is 22.3 Å². The van der Waals surface area contributed by atoms with E-state index in [1.165, 1.54) is 4.31 Å². The Balaban J connectivity index is 2.12. The van der Waals surface area contributed by atoms with Crippen LogP contribution in [0, 0.1) is 6.92 Å². The summed E-state index contributed by atoms with van der Waals surface area (Å²) in [6.07, 6.45) is -1.50. The molecule has 1 heterocycles. The Kier molecular flexibility index (Phi) is 4.87. The summed E-state index contributed by atoms with van der Waals surface area (Å²) < 4.78 is 36.2. The predicted molar refractivity (Wildman–Crippen MR) is 81.0 cm³/mol. The van der Waals surface area contributed by atoms with Crippen LogP contribution in [0.3, 0.4) is 0 Å². The Labute approximate surface area is 130 Å². The lowest BCUT2D eigenvalue weighted by Gasteiger charge is -2.16. The summed E-state index contributed by atoms with van der Waals surface area (Å²) >= 11 is 0. The number of rotatable bonds is 4. The summed E-state index contributed by atoms with van der Waals surface area (Å²) in [6, 6.07) is 6.61. The fourth-order valence-corrected chi connectivity index (χ4v) is 3.58. The van der Waals surface area contributed by atoms with Gasteiger partial charge in [-0.05, 0) is 31.6 Å². The maximum Gasteiger partial charge on any atom is 0.508 e. The number of hydrogen-bond donors (Lipinski definition) is 0. The fourth-order valence-electron chi connectivity index (χ4n) is 2.14. The number of ether oxygens (including phenoxy) is 2. The van der Waals surface area contributed by atoms with Gasteiger partial charge in [-0.3, -0.25) is 0 Å². The average molecular weight is 325 g/mol. The van der Waals surface area contributed by atoms with Gasteiger partial charge >= 0.3 is 6.16 Å². The molecule has 1 atom stereocenters. The number of carbonyl (C=O) groups is 1. The summed E-state index contributed by atoms with van der Waals surface area (Å²) in [5.74, 6) is 0. The highest BCUT2D eigenvalue weighted by Gasteiger charge is 2.37. The minimum atomic E-state index is -3.63. The van der Waals surface area contributed by atoms with E-state index in [1.54, 1.807) is 31.2 Å². The van der Waals surface area contributed by atoms with Crippen molar-refractivity contribution in [3.05, 3.63) is 42.0 Å². The summed E-state index contributed by atoms with van der Waals surface area (Å²) in [6.45, 7) is 7.71. The van der Waals surface area contributed by atoms with Gasteiger partial charge in [-0.15, -0.1) is 0 Å². The molecule has 0 radical (unpaired) electrons. The third kappa shape index (κ3) is 3.48. The van der Waals surface area contributed by atoms with Gasteiger partial charge in [0.05, 0.1) is 18.0 Å². The molecule has 0 N–H and O–H groups in total. The minimum absolute atomic E-state index is 0.0495. The second-order valence-electron chi connectivity index (χ2n) is 5.06. The number of benzene rings is 1. The maximum atomic E-state index is 12.6. The molecule has 1 saturated heterocycles. The van der Waals surface area contributed by atoms with Crippen LogP contribution in [0.2, 0.25) is 0 Å². The van der Waals surface area contributed by atoms with Gasteiger partial charge in [0.25, 0.3) is 0 Å². The van der Waals surface area contributed by atoms with Crippen LogP contribution >= 0.6 is 0 Å². The van der Waals surface area contributed by atoms with E-state index in [4.69, 9.17) is 9.47 Å². The quantitative estimate of drug-likeness (QED) is 0.626. The Morgan fingerprint density at radius 3 is 2.59 bits per heavy atom. The van der Waals surface area contributed by atoms with Crippen molar-refractivity contribution in [2.75, 3.05) is 19.7 Å². The van der Waals surface area contributed by atoms with Crippen LogP contribution in [-0.2, 0) is 19.5 Å². The number of sulfonamides is 1. The third-order valence-electron chi connectivity index (χ3n) is 3.36. The largest absolute Gasteiger partial charge is 0.508 e. The SMILES string of the molecule is C=C1CN(S(=O)(=O)c2ccc(C)cc2)CC1OC(=O)OCC. The first-order valence-electron chi connectivity index (χ1n) is 6.92. The van der Waals surface area contributed by atoms with Gasteiger partial charge in [0, 0.05) is 6.54 Å². The molecule has 22 heavy (non-hydrogen) atoms. The monoisotopic (exact) mass is 325 g/mol. The Bertz CT molecular complexity index is 666. The van der Waals surface area contributed by atoms with E-state index in [-0.39, 0.29) is 24.6 Å². The van der Waals surface area contributed by atoms with Gasteiger partial charge in [-0.2, -0.15) is 4.31 Å². The van der Waals surface area contributed by atoms with Gasteiger partial charge in [-0.25, -0.2) is 13.2 Å². The first kappa shape index (κ1) is 16.5. The van der Waals surface area contributed by atoms with Crippen molar-refractivity contribution in [2.24, 2.45) is 0 Å². The molecule has 1 aromatic carbocycles. The minimum Gasteiger partial charge on any atom is -0.435 e. The molecule has 6 nitrogen and oxygen atoms in total. The van der Waals surface area contributed by atoms with Crippen LogP contribution < -0.4 is 0 Å². The first-order chi connectivity index (χ1) is 10.3. The maximum absolute atomic E-state index is 12.6. The molecule has 0 amide bonds. The Morgan fingerprint density at radius 2 is 2.00 bits per heavy atom. The lowest BCUT2D eigenvalue weighted by Crippen LogP contribution is -2.31. The lowest BCUT2D eigenvalue weighted by atomic mass is 10.2. The van der Waals surface area contributed by atoms with Crippen LogP contribution in [0.25, 0.3) is 0 Å². The molecule has 1 aliphatic rings. The molecule has 1 fully saturated rings. The van der Waals surface area contributed by atoms with Gasteiger partial charge < -0.3 is 9.47 Å². The Hall–Kier alpha value is -1.86. The van der Waals surface area contributed by atoms with Crippen molar-refractivity contribution in [1.29, 1.82) is 0 Å². The zero-order valence-electron chi connectivity index (χ0n) is 12.6. The molecule has 1 unspecified atom stereocenters. The smallest absolute Gasteiger partial charge is 0.435 e. The van der Waals surface area contributed by atoms with Crippen LogP contribution in [0.15, 0.2) is 41.3 Å². The zero-order chi connectivity index (χ0) is 16.3. The van der Waals surface area contributed by atoms with Crippen LogP contribution in [0.1, 0.15) is 12.5 Å². The summed E-state index contributed by atoms with van der Waals surface area (Å²) in [4.78, 5) is 11.6. The normalized spacial score (nSPS) is 19.2. The van der Waals surface area contributed by atoms with E-state index in [9.17, 15) is 13.2 Å². The lowest BCUT2D eigenvalue weighted by molar-refractivity contribution is 0.0402. The molecular formula is C15H19NO5S. The highest BCUT2D eigenvalue weighted by Crippen LogP contribution is 2.25. The second-order valence-corrected chi connectivity index (χ2v) is 7.00. The second kappa shape index (κ2) is 6.50. The highest BCUT2D eigenvalue weighted by molar-refractivity contribution is 7.89. The first-order valence-corrected chi connectivity index (χ1v) is 8.36. The predicted octanol–water partition coefficient (Wildman–Crippen LogP) is 2.10. The molecule has 1 aliphatic heterocycles. The van der Waals surface area contributed by atoms with Crippen molar-refractivity contribution >= 4 is 16.2 Å². The molecule has 7 heteroatoms. The molecule has 0 aliphatic carbocycles. The summed E-state index contributed by atoms with van der Waals surface area (Å²) in [5.41, 5.74) is 1.51.